The van der Waals surface area contributed by atoms with Crippen molar-refractivity contribution in [3.8, 4) is 10.7 Å². The molecule has 7 nitrogen and oxygen atoms in total. The van der Waals surface area contributed by atoms with Crippen LogP contribution in [0.4, 0.5) is 4.79 Å². The van der Waals surface area contributed by atoms with Crippen molar-refractivity contribution in [2.45, 2.75) is 23.9 Å². The minimum atomic E-state index is -0.446. The zero-order valence-corrected chi connectivity index (χ0v) is 16.9. The van der Waals surface area contributed by atoms with Crippen molar-refractivity contribution in [2.75, 3.05) is 13.1 Å². The molecule has 0 spiro atoms. The fourth-order valence-corrected chi connectivity index (χ4v) is 4.61. The first-order valence-corrected chi connectivity index (χ1v) is 10.7. The third-order valence-corrected chi connectivity index (χ3v) is 6.33. The quantitative estimate of drug-likeness (QED) is 0.628. The van der Waals surface area contributed by atoms with E-state index in [0.29, 0.717) is 24.8 Å². The molecule has 1 atom stereocenters. The fourth-order valence-electron chi connectivity index (χ4n) is 2.98. The SMILES string of the molecule is C[C@@H](Sc1nnc(-c2cccs2)n1Cc1ccccc1)C(=O)N1CCNC1=O. The van der Waals surface area contributed by atoms with Gasteiger partial charge in [0.05, 0.1) is 16.7 Å². The topological polar surface area (TPSA) is 80.1 Å². The lowest BCUT2D eigenvalue weighted by molar-refractivity contribution is -0.126. The summed E-state index contributed by atoms with van der Waals surface area (Å²) in [6, 6.07) is 13.7. The number of nitrogens with zero attached hydrogens (tertiary/aromatic N) is 4. The molecule has 1 aromatic carbocycles. The lowest BCUT2D eigenvalue weighted by Crippen LogP contribution is -2.39. The zero-order valence-electron chi connectivity index (χ0n) is 15.2. The third-order valence-electron chi connectivity index (χ3n) is 4.39. The second-order valence-corrected chi connectivity index (χ2v) is 8.59. The predicted molar refractivity (Wildman–Crippen MR) is 109 cm³/mol. The number of aromatic nitrogens is 3. The predicted octanol–water partition coefficient (Wildman–Crippen LogP) is 3.09. The Kier molecular flexibility index (Phi) is 5.45. The van der Waals surface area contributed by atoms with E-state index < -0.39 is 5.25 Å². The highest BCUT2D eigenvalue weighted by Gasteiger charge is 2.31. The van der Waals surface area contributed by atoms with Crippen molar-refractivity contribution in [3.05, 3.63) is 53.4 Å². The summed E-state index contributed by atoms with van der Waals surface area (Å²) >= 11 is 2.93. The summed E-state index contributed by atoms with van der Waals surface area (Å²) in [5.41, 5.74) is 1.12. The van der Waals surface area contributed by atoms with Crippen LogP contribution in [0.5, 0.6) is 0 Å². The van der Waals surface area contributed by atoms with Crippen molar-refractivity contribution in [2.24, 2.45) is 0 Å². The average molecular weight is 414 g/mol. The summed E-state index contributed by atoms with van der Waals surface area (Å²) in [6.45, 7) is 3.30. The molecule has 144 valence electrons. The van der Waals surface area contributed by atoms with Crippen molar-refractivity contribution in [3.63, 3.8) is 0 Å². The van der Waals surface area contributed by atoms with Gasteiger partial charge >= 0.3 is 6.03 Å². The lowest BCUT2D eigenvalue weighted by atomic mass is 10.2. The van der Waals surface area contributed by atoms with Gasteiger partial charge in [-0.15, -0.1) is 21.5 Å². The Balaban J connectivity index is 1.61. The van der Waals surface area contributed by atoms with E-state index in [1.165, 1.54) is 16.7 Å². The number of carbonyl (C=O) groups excluding carboxylic acids is 2. The first kappa shape index (κ1) is 18.7. The number of imide groups is 1. The van der Waals surface area contributed by atoms with E-state index >= 15 is 0 Å². The summed E-state index contributed by atoms with van der Waals surface area (Å²) in [7, 11) is 0. The van der Waals surface area contributed by atoms with Gasteiger partial charge in [0, 0.05) is 13.1 Å². The number of amides is 3. The number of benzene rings is 1. The smallest absolute Gasteiger partial charge is 0.324 e. The molecule has 1 aliphatic heterocycles. The van der Waals surface area contributed by atoms with Crippen molar-refractivity contribution in [1.82, 2.24) is 25.0 Å². The minimum Gasteiger partial charge on any atom is -0.336 e. The van der Waals surface area contributed by atoms with Crippen LogP contribution in [-0.2, 0) is 11.3 Å². The molecule has 0 aliphatic carbocycles. The van der Waals surface area contributed by atoms with Crippen LogP contribution < -0.4 is 5.32 Å². The molecule has 9 heteroatoms. The Morgan fingerprint density at radius 1 is 1.25 bits per heavy atom. The van der Waals surface area contributed by atoms with Crippen LogP contribution in [-0.4, -0.2) is 49.9 Å². The summed E-state index contributed by atoms with van der Waals surface area (Å²) < 4.78 is 2.03. The van der Waals surface area contributed by atoms with E-state index in [2.05, 4.69) is 27.6 Å². The molecule has 0 saturated carbocycles. The van der Waals surface area contributed by atoms with Gasteiger partial charge in [0.1, 0.15) is 0 Å². The lowest BCUT2D eigenvalue weighted by Gasteiger charge is -2.17. The highest BCUT2D eigenvalue weighted by atomic mass is 32.2. The fraction of sp³-hybridized carbons (Fsp3) is 0.263. The first-order chi connectivity index (χ1) is 13.6. The molecule has 1 fully saturated rings. The Morgan fingerprint density at radius 3 is 2.75 bits per heavy atom. The van der Waals surface area contributed by atoms with E-state index in [-0.39, 0.29) is 11.9 Å². The molecule has 1 saturated heterocycles. The maximum absolute atomic E-state index is 12.7. The van der Waals surface area contributed by atoms with E-state index in [9.17, 15) is 9.59 Å². The highest BCUT2D eigenvalue weighted by molar-refractivity contribution is 8.00. The Labute approximate surface area is 170 Å². The van der Waals surface area contributed by atoms with E-state index in [0.717, 1.165) is 16.3 Å². The normalized spacial score (nSPS) is 14.9. The molecule has 3 amide bonds. The van der Waals surface area contributed by atoms with Gasteiger partial charge < -0.3 is 5.32 Å². The van der Waals surface area contributed by atoms with Gasteiger partial charge in [-0.25, -0.2) is 4.79 Å². The molecule has 0 bridgehead atoms. The number of hydrogen-bond acceptors (Lipinski definition) is 6. The molecule has 3 aromatic rings. The molecule has 2 aromatic heterocycles. The molecule has 4 rings (SSSR count). The second-order valence-electron chi connectivity index (χ2n) is 6.34. The number of hydrogen-bond donors (Lipinski definition) is 1. The molecule has 1 aliphatic rings. The summed E-state index contributed by atoms with van der Waals surface area (Å²) in [5, 5.41) is 13.6. The van der Waals surface area contributed by atoms with Crippen LogP contribution in [0.2, 0.25) is 0 Å². The Morgan fingerprint density at radius 2 is 2.07 bits per heavy atom. The first-order valence-electron chi connectivity index (χ1n) is 8.90. The highest BCUT2D eigenvalue weighted by Crippen LogP contribution is 2.30. The number of nitrogens with one attached hydrogen (secondary N) is 1. The standard InChI is InChI=1S/C19H19N5O2S2/c1-13(17(25)23-10-9-20-18(23)26)28-19-22-21-16(15-8-5-11-27-15)24(19)12-14-6-3-2-4-7-14/h2-8,11,13H,9-10,12H2,1H3,(H,20,26)/t13-/m1/s1. The van der Waals surface area contributed by atoms with Crippen LogP contribution in [0.1, 0.15) is 12.5 Å². The third kappa shape index (κ3) is 3.81. The molecule has 0 unspecified atom stereocenters. The number of rotatable bonds is 6. The van der Waals surface area contributed by atoms with Crippen molar-refractivity contribution < 1.29 is 9.59 Å². The van der Waals surface area contributed by atoms with Gasteiger partial charge in [-0.05, 0) is 23.9 Å². The number of carbonyl (C=O) groups is 2. The molecular formula is C19H19N5O2S2. The van der Waals surface area contributed by atoms with Gasteiger partial charge in [-0.3, -0.25) is 14.3 Å². The molecule has 28 heavy (non-hydrogen) atoms. The zero-order chi connectivity index (χ0) is 19.5. The van der Waals surface area contributed by atoms with Gasteiger partial charge in [0.2, 0.25) is 5.91 Å². The van der Waals surface area contributed by atoms with Crippen molar-refractivity contribution >= 4 is 35.0 Å². The molecule has 3 heterocycles. The summed E-state index contributed by atoms with van der Waals surface area (Å²) in [4.78, 5) is 26.7. The van der Waals surface area contributed by atoms with Crippen LogP contribution in [0.15, 0.2) is 53.0 Å². The maximum Gasteiger partial charge on any atom is 0.324 e. The van der Waals surface area contributed by atoms with E-state index in [4.69, 9.17) is 0 Å². The van der Waals surface area contributed by atoms with Gasteiger partial charge in [0.25, 0.3) is 0 Å². The monoisotopic (exact) mass is 413 g/mol. The molecule has 0 radical (unpaired) electrons. The minimum absolute atomic E-state index is 0.216. The number of thioether (sulfide) groups is 1. The van der Waals surface area contributed by atoms with Crippen molar-refractivity contribution in [1.29, 1.82) is 0 Å². The summed E-state index contributed by atoms with van der Waals surface area (Å²) in [5.74, 6) is 0.562. The Bertz CT molecular complexity index is 972. The second kappa shape index (κ2) is 8.15. The van der Waals surface area contributed by atoms with Gasteiger partial charge in [-0.1, -0.05) is 48.2 Å². The molecule has 1 N–H and O–H groups in total. The maximum atomic E-state index is 12.7. The summed E-state index contributed by atoms with van der Waals surface area (Å²) in [6.07, 6.45) is 0. The van der Waals surface area contributed by atoms with E-state index in [1.54, 1.807) is 18.3 Å². The van der Waals surface area contributed by atoms with Crippen LogP contribution >= 0.6 is 23.1 Å². The van der Waals surface area contributed by atoms with E-state index in [1.807, 2.05) is 40.3 Å². The number of thiophene rings is 1. The van der Waals surface area contributed by atoms with Gasteiger partial charge in [-0.2, -0.15) is 0 Å². The molecular weight excluding hydrogens is 394 g/mol. The van der Waals surface area contributed by atoms with Gasteiger partial charge in [0.15, 0.2) is 11.0 Å². The average Bonchev–Trinajstić information content (AvgIpc) is 3.44. The number of urea groups is 1. The van der Waals surface area contributed by atoms with Crippen LogP contribution in [0.25, 0.3) is 10.7 Å². The van der Waals surface area contributed by atoms with Crippen LogP contribution in [0.3, 0.4) is 0 Å². The largest absolute Gasteiger partial charge is 0.336 e. The van der Waals surface area contributed by atoms with Crippen LogP contribution in [0, 0.1) is 0 Å². The Hall–Kier alpha value is -2.65.